The van der Waals surface area contributed by atoms with Gasteiger partial charge in [-0.1, -0.05) is 6.07 Å². The Kier molecular flexibility index (Phi) is 4.88. The summed E-state index contributed by atoms with van der Waals surface area (Å²) in [6, 6.07) is 7.07. The van der Waals surface area contributed by atoms with Crippen molar-refractivity contribution in [2.24, 2.45) is 0 Å². The number of aliphatic carboxylic acids is 1. The predicted molar refractivity (Wildman–Crippen MR) is 77.5 cm³/mol. The lowest BCUT2D eigenvalue weighted by molar-refractivity contribution is -0.133. The number of aromatic nitrogens is 4. The molecular formula is C12H13N5O3S. The Morgan fingerprint density at radius 3 is 2.86 bits per heavy atom. The van der Waals surface area contributed by atoms with Gasteiger partial charge in [0.15, 0.2) is 5.82 Å². The first-order valence-electron chi connectivity index (χ1n) is 6.01. The van der Waals surface area contributed by atoms with Crippen LogP contribution < -0.4 is 5.32 Å². The van der Waals surface area contributed by atoms with Crippen LogP contribution in [0.3, 0.4) is 0 Å². The molecule has 8 nitrogen and oxygen atoms in total. The summed E-state index contributed by atoms with van der Waals surface area (Å²) in [4.78, 5) is 22.1. The van der Waals surface area contributed by atoms with Crippen molar-refractivity contribution in [1.82, 2.24) is 20.2 Å². The molecule has 0 aliphatic carbocycles. The van der Waals surface area contributed by atoms with Gasteiger partial charge in [0.05, 0.1) is 17.2 Å². The molecule has 0 atom stereocenters. The average Bonchev–Trinajstić information content (AvgIpc) is 2.85. The summed E-state index contributed by atoms with van der Waals surface area (Å²) in [5, 5.41) is 22.4. The molecule has 2 N–H and O–H groups in total. The Bertz CT molecular complexity index is 658. The van der Waals surface area contributed by atoms with Crippen LogP contribution in [0.15, 0.2) is 24.3 Å². The van der Waals surface area contributed by atoms with Crippen molar-refractivity contribution in [2.45, 2.75) is 6.92 Å². The maximum Gasteiger partial charge on any atom is 0.313 e. The number of hydrogen-bond donors (Lipinski definition) is 2. The fourth-order valence-corrected chi connectivity index (χ4v) is 2.15. The molecule has 2 rings (SSSR count). The SMILES string of the molecule is Cc1nnnn1-c1cccc(NC(=O)CSCC(=O)O)c1. The van der Waals surface area contributed by atoms with E-state index in [1.807, 2.05) is 6.07 Å². The van der Waals surface area contributed by atoms with Crippen LogP contribution in [0.5, 0.6) is 0 Å². The number of anilines is 1. The summed E-state index contributed by atoms with van der Waals surface area (Å²) in [5.74, 6) is -0.580. The van der Waals surface area contributed by atoms with E-state index in [9.17, 15) is 9.59 Å². The third kappa shape index (κ3) is 4.28. The highest BCUT2D eigenvalue weighted by atomic mass is 32.2. The number of tetrazole rings is 1. The van der Waals surface area contributed by atoms with Crippen molar-refractivity contribution in [3.8, 4) is 5.69 Å². The Labute approximate surface area is 124 Å². The van der Waals surface area contributed by atoms with Gasteiger partial charge in [0.25, 0.3) is 0 Å². The van der Waals surface area contributed by atoms with E-state index in [4.69, 9.17) is 5.11 Å². The third-order valence-electron chi connectivity index (χ3n) is 2.46. The summed E-state index contributed by atoms with van der Waals surface area (Å²) < 4.78 is 1.55. The highest BCUT2D eigenvalue weighted by molar-refractivity contribution is 8.00. The normalized spacial score (nSPS) is 10.3. The molecule has 0 unspecified atom stereocenters. The summed E-state index contributed by atoms with van der Waals surface area (Å²) in [6.07, 6.45) is 0. The number of benzene rings is 1. The number of aryl methyl sites for hydroxylation is 1. The minimum atomic E-state index is -0.941. The van der Waals surface area contributed by atoms with Crippen molar-refractivity contribution >= 4 is 29.3 Å². The zero-order chi connectivity index (χ0) is 15.2. The molecule has 0 fully saturated rings. The van der Waals surface area contributed by atoms with Crippen molar-refractivity contribution < 1.29 is 14.7 Å². The molecule has 1 aromatic heterocycles. The standard InChI is InChI=1S/C12H13N5O3S/c1-8-14-15-16-17(8)10-4-2-3-9(5-10)13-11(18)6-21-7-12(19)20/h2-5H,6-7H2,1H3,(H,13,18)(H,19,20). The van der Waals surface area contributed by atoms with Gasteiger partial charge >= 0.3 is 5.97 Å². The summed E-state index contributed by atoms with van der Waals surface area (Å²) >= 11 is 1.04. The molecule has 1 amide bonds. The lowest BCUT2D eigenvalue weighted by atomic mass is 10.2. The highest BCUT2D eigenvalue weighted by Gasteiger charge is 2.07. The number of carbonyl (C=O) groups excluding carboxylic acids is 1. The van der Waals surface area contributed by atoms with E-state index >= 15 is 0 Å². The van der Waals surface area contributed by atoms with E-state index in [1.54, 1.807) is 29.8 Å². The monoisotopic (exact) mass is 307 g/mol. The van der Waals surface area contributed by atoms with Gasteiger partial charge in [-0.3, -0.25) is 9.59 Å². The Balaban J connectivity index is 2.00. The van der Waals surface area contributed by atoms with Crippen molar-refractivity contribution in [3.05, 3.63) is 30.1 Å². The molecule has 0 bridgehead atoms. The maximum atomic E-state index is 11.7. The number of nitrogens with zero attached hydrogens (tertiary/aromatic N) is 4. The van der Waals surface area contributed by atoms with Gasteiger partial charge in [-0.25, -0.2) is 0 Å². The third-order valence-corrected chi connectivity index (χ3v) is 3.38. The molecule has 0 radical (unpaired) electrons. The number of nitrogens with one attached hydrogen (secondary N) is 1. The van der Waals surface area contributed by atoms with Crippen LogP contribution in [0, 0.1) is 6.92 Å². The zero-order valence-electron chi connectivity index (χ0n) is 11.2. The molecule has 0 aliphatic heterocycles. The van der Waals surface area contributed by atoms with Crippen LogP contribution in [0.1, 0.15) is 5.82 Å². The highest BCUT2D eigenvalue weighted by Crippen LogP contribution is 2.15. The number of carboxylic acid groups (broad SMARTS) is 1. The fraction of sp³-hybridized carbons (Fsp3) is 0.250. The van der Waals surface area contributed by atoms with E-state index < -0.39 is 5.97 Å². The Hall–Kier alpha value is -2.42. The van der Waals surface area contributed by atoms with Gasteiger partial charge in [0, 0.05) is 5.69 Å². The van der Waals surface area contributed by atoms with E-state index in [0.717, 1.165) is 17.4 Å². The van der Waals surface area contributed by atoms with Crippen LogP contribution in [0.25, 0.3) is 5.69 Å². The molecule has 0 saturated carbocycles. The first-order valence-corrected chi connectivity index (χ1v) is 7.16. The minimum absolute atomic E-state index is 0.0838. The van der Waals surface area contributed by atoms with Crippen LogP contribution in [-0.4, -0.2) is 48.7 Å². The van der Waals surface area contributed by atoms with E-state index in [-0.39, 0.29) is 17.4 Å². The lowest BCUT2D eigenvalue weighted by Gasteiger charge is -2.07. The summed E-state index contributed by atoms with van der Waals surface area (Å²) in [7, 11) is 0. The first-order chi connectivity index (χ1) is 10.1. The van der Waals surface area contributed by atoms with Crippen LogP contribution in [0.2, 0.25) is 0 Å². The molecule has 2 aromatic rings. The van der Waals surface area contributed by atoms with Crippen molar-refractivity contribution in [3.63, 3.8) is 0 Å². The largest absolute Gasteiger partial charge is 0.481 e. The number of amides is 1. The van der Waals surface area contributed by atoms with Crippen molar-refractivity contribution in [2.75, 3.05) is 16.8 Å². The second kappa shape index (κ2) is 6.84. The Morgan fingerprint density at radius 1 is 1.38 bits per heavy atom. The van der Waals surface area contributed by atoms with Gasteiger partial charge in [-0.15, -0.1) is 16.9 Å². The molecule has 110 valence electrons. The van der Waals surface area contributed by atoms with Gasteiger partial charge in [0.2, 0.25) is 5.91 Å². The summed E-state index contributed by atoms with van der Waals surface area (Å²) in [5.41, 5.74) is 1.33. The number of carboxylic acids is 1. The smallest absolute Gasteiger partial charge is 0.313 e. The van der Waals surface area contributed by atoms with Gasteiger partial charge in [-0.2, -0.15) is 4.68 Å². The molecule has 21 heavy (non-hydrogen) atoms. The molecular weight excluding hydrogens is 294 g/mol. The van der Waals surface area contributed by atoms with Gasteiger partial charge in [-0.05, 0) is 35.5 Å². The molecule has 0 saturated heterocycles. The quantitative estimate of drug-likeness (QED) is 0.809. The number of thioether (sulfide) groups is 1. The predicted octanol–water partition coefficient (Wildman–Crippen LogP) is 0.727. The van der Waals surface area contributed by atoms with E-state index in [1.165, 1.54) is 0 Å². The second-order valence-corrected chi connectivity index (χ2v) is 5.11. The Morgan fingerprint density at radius 2 is 2.19 bits per heavy atom. The molecule has 0 spiro atoms. The summed E-state index contributed by atoms with van der Waals surface area (Å²) in [6.45, 7) is 1.77. The number of carbonyl (C=O) groups is 2. The molecule has 0 aliphatic rings. The topological polar surface area (TPSA) is 110 Å². The van der Waals surface area contributed by atoms with Crippen LogP contribution >= 0.6 is 11.8 Å². The van der Waals surface area contributed by atoms with E-state index in [2.05, 4.69) is 20.8 Å². The molecule has 1 aromatic carbocycles. The maximum absolute atomic E-state index is 11.7. The average molecular weight is 307 g/mol. The van der Waals surface area contributed by atoms with Crippen LogP contribution in [0.4, 0.5) is 5.69 Å². The van der Waals surface area contributed by atoms with Gasteiger partial charge in [0.1, 0.15) is 0 Å². The number of hydrogen-bond acceptors (Lipinski definition) is 6. The van der Waals surface area contributed by atoms with E-state index in [0.29, 0.717) is 11.5 Å². The lowest BCUT2D eigenvalue weighted by Crippen LogP contribution is -2.15. The second-order valence-electron chi connectivity index (χ2n) is 4.12. The minimum Gasteiger partial charge on any atom is -0.481 e. The fourth-order valence-electron chi connectivity index (χ4n) is 1.61. The number of rotatable bonds is 6. The zero-order valence-corrected chi connectivity index (χ0v) is 12.0. The molecule has 9 heteroatoms. The first kappa shape index (κ1) is 15.0. The van der Waals surface area contributed by atoms with Crippen LogP contribution in [-0.2, 0) is 9.59 Å². The molecule has 1 heterocycles. The van der Waals surface area contributed by atoms with Gasteiger partial charge < -0.3 is 10.4 Å². The van der Waals surface area contributed by atoms with Crippen molar-refractivity contribution in [1.29, 1.82) is 0 Å².